The van der Waals surface area contributed by atoms with Crippen LogP contribution >= 0.6 is 0 Å². The molecule has 0 aromatic heterocycles. The Morgan fingerprint density at radius 1 is 1.10 bits per heavy atom. The Morgan fingerprint density at radius 2 is 1.77 bits per heavy atom. The number of esters is 1. The first-order valence-electron chi connectivity index (χ1n) is 9.26. The standard InChI is InChI=1S/C22H19N3O5/c1-14(19(26)25(12-6-11-23)16-7-4-3-5-8-16)30-22(29)15-9-10-17-18(13-15)21(28)24(2)20(17)27/h3-5,7-10,13-14H,6,12H2,1-2H3. The fourth-order valence-corrected chi connectivity index (χ4v) is 3.12. The lowest BCUT2D eigenvalue weighted by atomic mass is 10.1. The van der Waals surface area contributed by atoms with Gasteiger partial charge in [-0.05, 0) is 37.3 Å². The maximum absolute atomic E-state index is 12.9. The van der Waals surface area contributed by atoms with Crippen LogP contribution in [0.5, 0.6) is 0 Å². The van der Waals surface area contributed by atoms with Crippen LogP contribution in [0.3, 0.4) is 0 Å². The van der Waals surface area contributed by atoms with Crippen molar-refractivity contribution in [3.05, 3.63) is 65.2 Å². The number of rotatable bonds is 6. The van der Waals surface area contributed by atoms with Crippen LogP contribution in [0.4, 0.5) is 5.69 Å². The number of amides is 3. The minimum Gasteiger partial charge on any atom is -0.449 e. The smallest absolute Gasteiger partial charge is 0.338 e. The van der Waals surface area contributed by atoms with E-state index in [4.69, 9.17) is 10.00 Å². The Labute approximate surface area is 173 Å². The molecule has 0 saturated carbocycles. The third-order valence-corrected chi connectivity index (χ3v) is 4.74. The minimum absolute atomic E-state index is 0.0631. The number of carbonyl (C=O) groups is 4. The molecule has 152 valence electrons. The molecule has 0 aliphatic carbocycles. The summed E-state index contributed by atoms with van der Waals surface area (Å²) in [6.07, 6.45) is -1.000. The molecule has 0 saturated heterocycles. The van der Waals surface area contributed by atoms with Crippen molar-refractivity contribution in [2.24, 2.45) is 0 Å². The Hall–Kier alpha value is -3.99. The average Bonchev–Trinajstić information content (AvgIpc) is 2.98. The number of imide groups is 1. The molecule has 1 heterocycles. The molecule has 0 spiro atoms. The number of anilines is 1. The van der Waals surface area contributed by atoms with Gasteiger partial charge in [0.05, 0.1) is 29.2 Å². The van der Waals surface area contributed by atoms with Gasteiger partial charge in [0, 0.05) is 19.3 Å². The number of hydrogen-bond acceptors (Lipinski definition) is 6. The van der Waals surface area contributed by atoms with Gasteiger partial charge in [0.2, 0.25) is 0 Å². The highest BCUT2D eigenvalue weighted by molar-refractivity contribution is 6.21. The highest BCUT2D eigenvalue weighted by atomic mass is 16.5. The summed E-state index contributed by atoms with van der Waals surface area (Å²) < 4.78 is 5.31. The summed E-state index contributed by atoms with van der Waals surface area (Å²) in [5.41, 5.74) is 0.990. The SMILES string of the molecule is CC(OC(=O)c1ccc2c(c1)C(=O)N(C)C2=O)C(=O)N(CCC#N)c1ccccc1. The molecule has 1 aliphatic heterocycles. The summed E-state index contributed by atoms with van der Waals surface area (Å²) in [5.74, 6) is -2.20. The van der Waals surface area contributed by atoms with Crippen LogP contribution in [0.1, 0.15) is 44.4 Å². The van der Waals surface area contributed by atoms with E-state index in [1.165, 1.54) is 37.1 Å². The van der Waals surface area contributed by atoms with Gasteiger partial charge in [0.15, 0.2) is 6.10 Å². The highest BCUT2D eigenvalue weighted by Gasteiger charge is 2.34. The average molecular weight is 405 g/mol. The Kier molecular flexibility index (Phi) is 5.93. The molecule has 3 rings (SSSR count). The van der Waals surface area contributed by atoms with Gasteiger partial charge >= 0.3 is 5.97 Å². The summed E-state index contributed by atoms with van der Waals surface area (Å²) in [4.78, 5) is 51.9. The summed E-state index contributed by atoms with van der Waals surface area (Å²) in [6.45, 7) is 1.60. The van der Waals surface area contributed by atoms with Gasteiger partial charge in [0.1, 0.15) is 0 Å². The van der Waals surface area contributed by atoms with E-state index < -0.39 is 29.8 Å². The normalized spacial score (nSPS) is 13.4. The van der Waals surface area contributed by atoms with Gasteiger partial charge in [-0.2, -0.15) is 5.26 Å². The molecule has 0 bridgehead atoms. The van der Waals surface area contributed by atoms with Crippen LogP contribution in [-0.2, 0) is 9.53 Å². The third kappa shape index (κ3) is 3.91. The molecule has 0 N–H and O–H groups in total. The van der Waals surface area contributed by atoms with Crippen molar-refractivity contribution in [1.82, 2.24) is 4.90 Å². The second kappa shape index (κ2) is 8.57. The molecule has 3 amide bonds. The lowest BCUT2D eigenvalue weighted by Crippen LogP contribution is -2.40. The molecule has 1 unspecified atom stereocenters. The zero-order valence-corrected chi connectivity index (χ0v) is 16.5. The van der Waals surface area contributed by atoms with Gasteiger partial charge in [-0.1, -0.05) is 18.2 Å². The number of para-hydroxylation sites is 1. The van der Waals surface area contributed by atoms with Crippen LogP contribution in [0.25, 0.3) is 0 Å². The first-order valence-corrected chi connectivity index (χ1v) is 9.26. The Morgan fingerprint density at radius 3 is 2.43 bits per heavy atom. The van der Waals surface area contributed by atoms with Crippen molar-refractivity contribution in [2.45, 2.75) is 19.4 Å². The predicted molar refractivity (Wildman–Crippen MR) is 107 cm³/mol. The lowest BCUT2D eigenvalue weighted by molar-refractivity contribution is -0.126. The van der Waals surface area contributed by atoms with Gasteiger partial charge in [-0.3, -0.25) is 19.3 Å². The quantitative estimate of drug-likeness (QED) is 0.539. The lowest BCUT2D eigenvalue weighted by Gasteiger charge is -2.25. The van der Waals surface area contributed by atoms with Crippen LogP contribution in [-0.4, -0.2) is 48.3 Å². The van der Waals surface area contributed by atoms with E-state index in [9.17, 15) is 19.2 Å². The zero-order valence-electron chi connectivity index (χ0n) is 16.5. The molecule has 0 fully saturated rings. The van der Waals surface area contributed by atoms with Crippen molar-refractivity contribution >= 4 is 29.4 Å². The van der Waals surface area contributed by atoms with E-state index in [1.807, 2.05) is 6.07 Å². The first kappa shape index (κ1) is 20.7. The van der Waals surface area contributed by atoms with Crippen LogP contribution in [0.2, 0.25) is 0 Å². The number of benzene rings is 2. The van der Waals surface area contributed by atoms with Gasteiger partial charge in [-0.25, -0.2) is 4.79 Å². The number of ether oxygens (including phenoxy) is 1. The second-order valence-electron chi connectivity index (χ2n) is 6.71. The Bertz CT molecular complexity index is 1060. The number of nitrogens with zero attached hydrogens (tertiary/aromatic N) is 3. The van der Waals surface area contributed by atoms with Crippen molar-refractivity contribution in [3.8, 4) is 6.07 Å². The van der Waals surface area contributed by atoms with Crippen molar-refractivity contribution in [3.63, 3.8) is 0 Å². The predicted octanol–water partition coefficient (Wildman–Crippen LogP) is 2.40. The molecule has 8 nitrogen and oxygen atoms in total. The van der Waals surface area contributed by atoms with Crippen LogP contribution < -0.4 is 4.90 Å². The topological polar surface area (TPSA) is 108 Å². The van der Waals surface area contributed by atoms with E-state index in [2.05, 4.69) is 0 Å². The molecule has 8 heteroatoms. The monoisotopic (exact) mass is 405 g/mol. The molecule has 1 atom stereocenters. The van der Waals surface area contributed by atoms with E-state index >= 15 is 0 Å². The van der Waals surface area contributed by atoms with Crippen LogP contribution in [0.15, 0.2) is 48.5 Å². The van der Waals surface area contributed by atoms with Gasteiger partial charge < -0.3 is 9.64 Å². The summed E-state index contributed by atoms with van der Waals surface area (Å²) in [6, 6.07) is 14.8. The van der Waals surface area contributed by atoms with Crippen molar-refractivity contribution in [1.29, 1.82) is 5.26 Å². The maximum Gasteiger partial charge on any atom is 0.338 e. The third-order valence-electron chi connectivity index (χ3n) is 4.74. The fourth-order valence-electron chi connectivity index (χ4n) is 3.12. The first-order chi connectivity index (χ1) is 14.3. The largest absolute Gasteiger partial charge is 0.449 e. The number of fused-ring (bicyclic) bond motifs is 1. The number of carbonyl (C=O) groups excluding carboxylic acids is 4. The Balaban J connectivity index is 1.76. The maximum atomic E-state index is 12.9. The van der Waals surface area contributed by atoms with E-state index in [0.717, 1.165) is 4.90 Å². The van der Waals surface area contributed by atoms with E-state index in [1.54, 1.807) is 30.3 Å². The minimum atomic E-state index is -1.12. The zero-order chi connectivity index (χ0) is 21.8. The van der Waals surface area contributed by atoms with Gasteiger partial charge in [0.25, 0.3) is 17.7 Å². The number of hydrogen-bond donors (Lipinski definition) is 0. The highest BCUT2D eigenvalue weighted by Crippen LogP contribution is 2.23. The van der Waals surface area contributed by atoms with Crippen molar-refractivity contribution in [2.75, 3.05) is 18.5 Å². The van der Waals surface area contributed by atoms with Crippen molar-refractivity contribution < 1.29 is 23.9 Å². The summed E-state index contributed by atoms with van der Waals surface area (Å²) in [5, 5.41) is 8.88. The summed E-state index contributed by atoms with van der Waals surface area (Å²) in [7, 11) is 1.36. The molecule has 2 aromatic carbocycles. The molecular weight excluding hydrogens is 386 g/mol. The summed E-state index contributed by atoms with van der Waals surface area (Å²) >= 11 is 0. The molecule has 0 radical (unpaired) electrons. The molecule has 1 aliphatic rings. The number of nitriles is 1. The second-order valence-corrected chi connectivity index (χ2v) is 6.71. The van der Waals surface area contributed by atoms with Gasteiger partial charge in [-0.15, -0.1) is 0 Å². The van der Waals surface area contributed by atoms with E-state index in [0.29, 0.717) is 5.69 Å². The van der Waals surface area contributed by atoms with E-state index in [-0.39, 0.29) is 29.7 Å². The fraction of sp³-hybridized carbons (Fsp3) is 0.227. The molecular formula is C22H19N3O5. The van der Waals surface area contributed by atoms with Crippen LogP contribution in [0, 0.1) is 11.3 Å². The molecule has 2 aromatic rings. The molecule has 30 heavy (non-hydrogen) atoms.